The van der Waals surface area contributed by atoms with Gasteiger partial charge in [0.05, 0.1) is 0 Å². The third kappa shape index (κ3) is 4.27. The van der Waals surface area contributed by atoms with Crippen molar-refractivity contribution in [3.63, 3.8) is 0 Å². The summed E-state index contributed by atoms with van der Waals surface area (Å²) in [6, 6.07) is 5.72. The number of pyridine rings is 1. The number of nitrogens with zero attached hydrogens (tertiary/aromatic N) is 1. The molecule has 17 heavy (non-hydrogen) atoms. The van der Waals surface area contributed by atoms with Crippen LogP contribution in [-0.2, 0) is 11.2 Å². The molecular formula is C14H20N2O. The van der Waals surface area contributed by atoms with Crippen molar-refractivity contribution in [1.82, 2.24) is 10.3 Å². The van der Waals surface area contributed by atoms with E-state index >= 15 is 0 Å². The number of hydrogen-bond donors (Lipinski definition) is 1. The average molecular weight is 232 g/mol. The Bertz CT molecular complexity index is 344. The molecule has 1 aliphatic heterocycles. The zero-order chi connectivity index (χ0) is 11.9. The molecule has 0 amide bonds. The van der Waals surface area contributed by atoms with Crippen LogP contribution in [0, 0.1) is 5.92 Å². The second kappa shape index (κ2) is 6.50. The van der Waals surface area contributed by atoms with Gasteiger partial charge in [0.25, 0.3) is 0 Å². The van der Waals surface area contributed by atoms with E-state index in [-0.39, 0.29) is 0 Å². The minimum absolute atomic E-state index is 0.314. The number of nitrogens with one attached hydrogen (secondary N) is 1. The third-order valence-corrected chi connectivity index (χ3v) is 3.33. The Morgan fingerprint density at radius 1 is 1.47 bits per heavy atom. The maximum absolute atomic E-state index is 11.8. The van der Waals surface area contributed by atoms with E-state index in [4.69, 9.17) is 0 Å². The van der Waals surface area contributed by atoms with Crippen LogP contribution in [0.1, 0.15) is 31.4 Å². The molecule has 1 aliphatic rings. The Labute approximate surface area is 103 Å². The van der Waals surface area contributed by atoms with Gasteiger partial charge in [-0.3, -0.25) is 9.78 Å². The SMILES string of the molecule is O=C(CCC1CCCNC1)Cc1ccccn1. The van der Waals surface area contributed by atoms with E-state index in [1.54, 1.807) is 6.20 Å². The number of rotatable bonds is 5. The van der Waals surface area contributed by atoms with Crippen molar-refractivity contribution in [2.45, 2.75) is 32.1 Å². The molecule has 3 nitrogen and oxygen atoms in total. The second-order valence-electron chi connectivity index (χ2n) is 4.79. The number of piperidine rings is 1. The summed E-state index contributed by atoms with van der Waals surface area (Å²) in [5, 5.41) is 3.38. The molecule has 2 rings (SSSR count). The average Bonchev–Trinajstić information content (AvgIpc) is 2.39. The first-order chi connectivity index (χ1) is 8.34. The van der Waals surface area contributed by atoms with Crippen LogP contribution in [0.3, 0.4) is 0 Å². The van der Waals surface area contributed by atoms with Gasteiger partial charge in [0, 0.05) is 24.7 Å². The van der Waals surface area contributed by atoms with Gasteiger partial charge in [0.2, 0.25) is 0 Å². The highest BCUT2D eigenvalue weighted by Crippen LogP contribution is 2.16. The summed E-state index contributed by atoms with van der Waals surface area (Å²) in [7, 11) is 0. The van der Waals surface area contributed by atoms with Crippen LogP contribution in [-0.4, -0.2) is 23.9 Å². The Hall–Kier alpha value is -1.22. The Morgan fingerprint density at radius 2 is 2.41 bits per heavy atom. The molecule has 1 saturated heterocycles. The quantitative estimate of drug-likeness (QED) is 0.844. The number of carbonyl (C=O) groups is 1. The van der Waals surface area contributed by atoms with Gasteiger partial charge >= 0.3 is 0 Å². The lowest BCUT2D eigenvalue weighted by Gasteiger charge is -2.22. The molecule has 1 aromatic rings. The van der Waals surface area contributed by atoms with Crippen LogP contribution in [0.15, 0.2) is 24.4 Å². The van der Waals surface area contributed by atoms with Crippen LogP contribution >= 0.6 is 0 Å². The van der Waals surface area contributed by atoms with Gasteiger partial charge in [0.1, 0.15) is 5.78 Å². The molecule has 3 heteroatoms. The molecule has 1 fully saturated rings. The fourth-order valence-corrected chi connectivity index (χ4v) is 2.33. The van der Waals surface area contributed by atoms with Crippen molar-refractivity contribution in [1.29, 1.82) is 0 Å². The topological polar surface area (TPSA) is 42.0 Å². The van der Waals surface area contributed by atoms with Crippen molar-refractivity contribution in [2.24, 2.45) is 5.92 Å². The van der Waals surface area contributed by atoms with Gasteiger partial charge in [-0.2, -0.15) is 0 Å². The molecule has 1 N–H and O–H groups in total. The highest BCUT2D eigenvalue weighted by Gasteiger charge is 2.14. The summed E-state index contributed by atoms with van der Waals surface area (Å²) < 4.78 is 0. The van der Waals surface area contributed by atoms with Crippen LogP contribution in [0.4, 0.5) is 0 Å². The highest BCUT2D eigenvalue weighted by atomic mass is 16.1. The first kappa shape index (κ1) is 12.2. The molecule has 0 bridgehead atoms. The maximum Gasteiger partial charge on any atom is 0.138 e. The van der Waals surface area contributed by atoms with E-state index in [9.17, 15) is 4.79 Å². The molecule has 0 saturated carbocycles. The minimum atomic E-state index is 0.314. The largest absolute Gasteiger partial charge is 0.316 e. The minimum Gasteiger partial charge on any atom is -0.316 e. The summed E-state index contributed by atoms with van der Waals surface area (Å²) in [6.45, 7) is 2.22. The van der Waals surface area contributed by atoms with Crippen LogP contribution in [0.5, 0.6) is 0 Å². The van der Waals surface area contributed by atoms with E-state index in [2.05, 4.69) is 10.3 Å². The molecular weight excluding hydrogens is 212 g/mol. The van der Waals surface area contributed by atoms with Gasteiger partial charge in [-0.15, -0.1) is 0 Å². The smallest absolute Gasteiger partial charge is 0.138 e. The zero-order valence-electron chi connectivity index (χ0n) is 10.2. The summed E-state index contributed by atoms with van der Waals surface area (Å²) in [4.78, 5) is 16.0. The summed E-state index contributed by atoms with van der Waals surface area (Å²) in [5.74, 6) is 1.01. The first-order valence-corrected chi connectivity index (χ1v) is 6.47. The summed E-state index contributed by atoms with van der Waals surface area (Å²) in [5.41, 5.74) is 0.888. The molecule has 1 aromatic heterocycles. The third-order valence-electron chi connectivity index (χ3n) is 3.33. The second-order valence-corrected chi connectivity index (χ2v) is 4.79. The summed E-state index contributed by atoms with van der Waals surface area (Å²) >= 11 is 0. The predicted octanol–water partition coefficient (Wildman–Crippen LogP) is 1.97. The molecule has 1 atom stereocenters. The summed E-state index contributed by atoms with van der Waals surface area (Å²) in [6.07, 6.45) is 6.47. The lowest BCUT2D eigenvalue weighted by Crippen LogP contribution is -2.30. The Morgan fingerprint density at radius 3 is 3.12 bits per heavy atom. The molecule has 0 aromatic carbocycles. The van der Waals surface area contributed by atoms with E-state index < -0.39 is 0 Å². The van der Waals surface area contributed by atoms with E-state index in [1.165, 1.54) is 12.8 Å². The zero-order valence-corrected chi connectivity index (χ0v) is 10.2. The molecule has 1 unspecified atom stereocenters. The fraction of sp³-hybridized carbons (Fsp3) is 0.571. The van der Waals surface area contributed by atoms with Crippen molar-refractivity contribution >= 4 is 5.78 Å². The van der Waals surface area contributed by atoms with Crippen molar-refractivity contribution < 1.29 is 4.79 Å². The Kier molecular flexibility index (Phi) is 4.68. The van der Waals surface area contributed by atoms with Crippen LogP contribution < -0.4 is 5.32 Å². The first-order valence-electron chi connectivity index (χ1n) is 6.47. The van der Waals surface area contributed by atoms with Gasteiger partial charge < -0.3 is 5.32 Å². The van der Waals surface area contributed by atoms with Gasteiger partial charge in [0.15, 0.2) is 0 Å². The van der Waals surface area contributed by atoms with Crippen molar-refractivity contribution in [2.75, 3.05) is 13.1 Å². The maximum atomic E-state index is 11.8. The number of ketones is 1. The predicted molar refractivity (Wildman–Crippen MR) is 67.8 cm³/mol. The molecule has 92 valence electrons. The van der Waals surface area contributed by atoms with Crippen molar-refractivity contribution in [3.05, 3.63) is 30.1 Å². The van der Waals surface area contributed by atoms with E-state index in [0.29, 0.717) is 24.5 Å². The van der Waals surface area contributed by atoms with Gasteiger partial charge in [-0.1, -0.05) is 6.07 Å². The highest BCUT2D eigenvalue weighted by molar-refractivity contribution is 5.80. The van der Waals surface area contributed by atoms with E-state index in [0.717, 1.165) is 25.2 Å². The van der Waals surface area contributed by atoms with Gasteiger partial charge in [-0.05, 0) is 50.4 Å². The molecule has 2 heterocycles. The van der Waals surface area contributed by atoms with Gasteiger partial charge in [-0.25, -0.2) is 0 Å². The lowest BCUT2D eigenvalue weighted by molar-refractivity contribution is -0.118. The standard InChI is InChI=1S/C14H20N2O/c17-14(10-13-5-1-2-9-16-13)7-6-12-4-3-8-15-11-12/h1-2,5,9,12,15H,3-4,6-8,10-11H2. The monoisotopic (exact) mass is 232 g/mol. The van der Waals surface area contributed by atoms with Crippen LogP contribution in [0.2, 0.25) is 0 Å². The Balaban J connectivity index is 1.70. The number of hydrogen-bond acceptors (Lipinski definition) is 3. The number of Topliss-reactive ketones (excluding diaryl/α,β-unsaturated/α-hetero) is 1. The van der Waals surface area contributed by atoms with Crippen LogP contribution in [0.25, 0.3) is 0 Å². The van der Waals surface area contributed by atoms with E-state index in [1.807, 2.05) is 18.2 Å². The lowest BCUT2D eigenvalue weighted by atomic mass is 9.93. The number of aromatic nitrogens is 1. The fourth-order valence-electron chi connectivity index (χ4n) is 2.33. The molecule has 0 radical (unpaired) electrons. The molecule has 0 spiro atoms. The normalized spacial score (nSPS) is 20.1. The molecule has 0 aliphatic carbocycles. The van der Waals surface area contributed by atoms with Crippen molar-refractivity contribution in [3.8, 4) is 0 Å². The number of carbonyl (C=O) groups excluding carboxylic acids is 1.